The zero-order chi connectivity index (χ0) is 37.3. The van der Waals surface area contributed by atoms with Crippen molar-refractivity contribution in [3.63, 3.8) is 0 Å². The van der Waals surface area contributed by atoms with Crippen LogP contribution >= 0.6 is 0 Å². The molecule has 0 aliphatic heterocycles. The Bertz CT molecular complexity index is 2920. The largest absolute Gasteiger partial charge is 0.456 e. The minimum absolute atomic E-state index is 0.860. The average molecular weight is 716 g/mol. The van der Waals surface area contributed by atoms with Gasteiger partial charge in [0.25, 0.3) is 0 Å². The van der Waals surface area contributed by atoms with E-state index >= 15 is 0 Å². The van der Waals surface area contributed by atoms with Gasteiger partial charge in [-0.15, -0.1) is 0 Å². The van der Waals surface area contributed by atoms with E-state index < -0.39 is 0 Å². The first-order chi connectivity index (χ1) is 27.8. The van der Waals surface area contributed by atoms with Gasteiger partial charge in [0, 0.05) is 27.6 Å². The molecule has 0 unspecified atom stereocenters. The maximum atomic E-state index is 6.56. The lowest BCUT2D eigenvalue weighted by molar-refractivity contribution is 0.669. The van der Waals surface area contributed by atoms with Gasteiger partial charge >= 0.3 is 0 Å². The van der Waals surface area contributed by atoms with Crippen LogP contribution in [0.5, 0.6) is 0 Å². The molecule has 1 heterocycles. The Balaban J connectivity index is 1.26. The van der Waals surface area contributed by atoms with E-state index in [0.29, 0.717) is 0 Å². The fraction of sp³-hybridized carbons (Fsp3) is 0. The Hall–Kier alpha value is -7.42. The van der Waals surface area contributed by atoms with Gasteiger partial charge in [0.1, 0.15) is 11.2 Å². The lowest BCUT2D eigenvalue weighted by Crippen LogP contribution is -2.13. The fourth-order valence-corrected chi connectivity index (χ4v) is 7.98. The molecule has 264 valence electrons. The molecular formula is C54H37NO. The molecule has 0 saturated carbocycles. The van der Waals surface area contributed by atoms with Crippen molar-refractivity contribution in [3.8, 4) is 55.6 Å². The highest BCUT2D eigenvalue weighted by Gasteiger charge is 2.25. The Kier molecular flexibility index (Phi) is 8.55. The number of fused-ring (bicyclic) bond motifs is 3. The zero-order valence-corrected chi connectivity index (χ0v) is 30.7. The molecule has 10 aromatic rings. The van der Waals surface area contributed by atoms with Crippen LogP contribution in [-0.4, -0.2) is 0 Å². The third-order valence-corrected chi connectivity index (χ3v) is 10.7. The molecule has 0 aliphatic carbocycles. The molecule has 2 nitrogen and oxygen atoms in total. The van der Waals surface area contributed by atoms with Crippen molar-refractivity contribution in [2.75, 3.05) is 4.90 Å². The van der Waals surface area contributed by atoms with Crippen LogP contribution in [0.3, 0.4) is 0 Å². The number of hydrogen-bond acceptors (Lipinski definition) is 2. The first kappa shape index (κ1) is 33.2. The molecule has 1 aromatic heterocycles. The van der Waals surface area contributed by atoms with Crippen molar-refractivity contribution in [1.29, 1.82) is 0 Å². The molecule has 0 spiro atoms. The maximum absolute atomic E-state index is 6.56. The summed E-state index contributed by atoms with van der Waals surface area (Å²) in [5, 5.41) is 2.19. The molecule has 0 aliphatic rings. The Morgan fingerprint density at radius 1 is 0.304 bits per heavy atom. The minimum atomic E-state index is 0.860. The molecule has 10 rings (SSSR count). The molecule has 9 aromatic carbocycles. The predicted molar refractivity (Wildman–Crippen MR) is 236 cm³/mol. The fourth-order valence-electron chi connectivity index (χ4n) is 7.98. The van der Waals surface area contributed by atoms with Crippen LogP contribution in [-0.2, 0) is 0 Å². The third kappa shape index (κ3) is 6.14. The smallest absolute Gasteiger partial charge is 0.136 e. The molecule has 0 amide bonds. The van der Waals surface area contributed by atoms with E-state index in [2.05, 4.69) is 223 Å². The molecule has 2 heteroatoms. The van der Waals surface area contributed by atoms with Crippen molar-refractivity contribution in [2.45, 2.75) is 0 Å². The molecule has 0 saturated heterocycles. The quantitative estimate of drug-likeness (QED) is 0.156. The van der Waals surface area contributed by atoms with Crippen molar-refractivity contribution < 1.29 is 4.42 Å². The molecule has 0 atom stereocenters. The van der Waals surface area contributed by atoms with Crippen molar-refractivity contribution in [2.24, 2.45) is 0 Å². The highest BCUT2D eigenvalue weighted by Crippen LogP contribution is 2.50. The number of nitrogens with zero attached hydrogens (tertiary/aromatic N) is 1. The van der Waals surface area contributed by atoms with E-state index in [1.54, 1.807) is 0 Å². The van der Waals surface area contributed by atoms with Crippen LogP contribution in [0.25, 0.3) is 77.6 Å². The summed E-state index contributed by atoms with van der Waals surface area (Å²) in [5.74, 6) is 0. The van der Waals surface area contributed by atoms with Gasteiger partial charge in [0.2, 0.25) is 0 Å². The van der Waals surface area contributed by atoms with Crippen LogP contribution < -0.4 is 4.90 Å². The lowest BCUT2D eigenvalue weighted by atomic mass is 9.92. The highest BCUT2D eigenvalue weighted by molar-refractivity contribution is 6.16. The molecule has 0 fully saturated rings. The number of furan rings is 1. The van der Waals surface area contributed by atoms with Gasteiger partial charge in [-0.2, -0.15) is 0 Å². The highest BCUT2D eigenvalue weighted by atomic mass is 16.3. The van der Waals surface area contributed by atoms with Crippen LogP contribution in [0, 0.1) is 0 Å². The second kappa shape index (κ2) is 14.4. The topological polar surface area (TPSA) is 16.4 Å². The average Bonchev–Trinajstić information content (AvgIpc) is 3.67. The van der Waals surface area contributed by atoms with E-state index in [9.17, 15) is 0 Å². The van der Waals surface area contributed by atoms with Gasteiger partial charge in [0.05, 0.1) is 11.4 Å². The number of hydrogen-bond donors (Lipinski definition) is 0. The standard InChI is InChI=1S/C54H37NO/c1-5-15-38(16-6-1)41-25-27-44(28-26-41)53-50(35-36-52-54(53)47-23-13-14-24-51(47)56-52)55(46-32-29-42(30-33-46)39-17-7-2-8-18-39)49-34-31-45(40-19-9-3-10-20-40)37-48(49)43-21-11-4-12-22-43/h1-37H. The van der Waals surface area contributed by atoms with Gasteiger partial charge in [-0.05, 0) is 87.0 Å². The molecular weight excluding hydrogens is 679 g/mol. The van der Waals surface area contributed by atoms with E-state index in [1.807, 2.05) is 6.07 Å². The molecule has 0 bridgehead atoms. The summed E-state index contributed by atoms with van der Waals surface area (Å²) in [4.78, 5) is 2.44. The van der Waals surface area contributed by atoms with Gasteiger partial charge in [-0.25, -0.2) is 0 Å². The van der Waals surface area contributed by atoms with E-state index in [0.717, 1.165) is 61.3 Å². The van der Waals surface area contributed by atoms with Crippen molar-refractivity contribution in [1.82, 2.24) is 0 Å². The van der Waals surface area contributed by atoms with Crippen LogP contribution in [0.2, 0.25) is 0 Å². The lowest BCUT2D eigenvalue weighted by Gasteiger charge is -2.31. The van der Waals surface area contributed by atoms with Crippen LogP contribution in [0.4, 0.5) is 17.1 Å². The summed E-state index contributed by atoms with van der Waals surface area (Å²) < 4.78 is 6.56. The Morgan fingerprint density at radius 3 is 1.36 bits per heavy atom. The molecule has 0 N–H and O–H groups in total. The van der Waals surface area contributed by atoms with Crippen molar-refractivity contribution in [3.05, 3.63) is 224 Å². The summed E-state index contributed by atoms with van der Waals surface area (Å²) in [7, 11) is 0. The Morgan fingerprint density at radius 2 is 0.750 bits per heavy atom. The zero-order valence-electron chi connectivity index (χ0n) is 30.7. The summed E-state index contributed by atoms with van der Waals surface area (Å²) >= 11 is 0. The number of para-hydroxylation sites is 1. The van der Waals surface area contributed by atoms with E-state index in [4.69, 9.17) is 4.42 Å². The van der Waals surface area contributed by atoms with Crippen LogP contribution in [0.1, 0.15) is 0 Å². The predicted octanol–water partition coefficient (Wildman–Crippen LogP) is 15.4. The molecule has 56 heavy (non-hydrogen) atoms. The minimum Gasteiger partial charge on any atom is -0.456 e. The first-order valence-electron chi connectivity index (χ1n) is 19.1. The second-order valence-corrected chi connectivity index (χ2v) is 14.1. The van der Waals surface area contributed by atoms with Gasteiger partial charge in [-0.3, -0.25) is 0 Å². The van der Waals surface area contributed by atoms with Gasteiger partial charge < -0.3 is 9.32 Å². The van der Waals surface area contributed by atoms with Crippen molar-refractivity contribution >= 4 is 39.0 Å². The van der Waals surface area contributed by atoms with E-state index in [1.165, 1.54) is 33.4 Å². The normalized spacial score (nSPS) is 11.2. The van der Waals surface area contributed by atoms with Crippen LogP contribution in [0.15, 0.2) is 229 Å². The number of anilines is 3. The van der Waals surface area contributed by atoms with Gasteiger partial charge in [0.15, 0.2) is 0 Å². The maximum Gasteiger partial charge on any atom is 0.136 e. The second-order valence-electron chi connectivity index (χ2n) is 14.1. The number of benzene rings is 9. The third-order valence-electron chi connectivity index (χ3n) is 10.7. The SMILES string of the molecule is c1ccc(-c2ccc(-c3c(N(c4ccc(-c5ccccc5)cc4)c4ccc(-c5ccccc5)cc4-c4ccccc4)ccc4oc5ccccc5c34)cc2)cc1. The summed E-state index contributed by atoms with van der Waals surface area (Å²) in [6, 6.07) is 80.1. The molecule has 0 radical (unpaired) electrons. The first-order valence-corrected chi connectivity index (χ1v) is 19.1. The van der Waals surface area contributed by atoms with E-state index in [-0.39, 0.29) is 0 Å². The van der Waals surface area contributed by atoms with Gasteiger partial charge in [-0.1, -0.05) is 182 Å². The number of rotatable bonds is 8. The summed E-state index contributed by atoms with van der Waals surface area (Å²) in [5.41, 5.74) is 16.5. The monoisotopic (exact) mass is 715 g/mol. The summed E-state index contributed by atoms with van der Waals surface area (Å²) in [6.07, 6.45) is 0. The summed E-state index contributed by atoms with van der Waals surface area (Å²) in [6.45, 7) is 0. The Labute approximate surface area is 327 Å².